The number of carbonyl (C=O) groups excluding carboxylic acids is 8. The Morgan fingerprint density at radius 2 is 0.540 bits per heavy atom. The van der Waals surface area contributed by atoms with Gasteiger partial charge in [-0.2, -0.15) is 13.1 Å². The summed E-state index contributed by atoms with van der Waals surface area (Å²) >= 11 is 50.7. The molecule has 0 aliphatic rings. The summed E-state index contributed by atoms with van der Waals surface area (Å²) in [4.78, 5) is 142. The molecule has 15 aromatic heterocycles. The summed E-state index contributed by atoms with van der Waals surface area (Å²) in [5.74, 6) is 0.866. The summed E-state index contributed by atoms with van der Waals surface area (Å²) in [6, 6.07) is 46.2. The van der Waals surface area contributed by atoms with Gasteiger partial charge in [0.2, 0.25) is 5.95 Å². The maximum atomic E-state index is 11.7. The number of amides is 16. The maximum Gasteiger partial charge on any atom is 0.326 e. The average Bonchev–Trinajstić information content (AvgIpc) is 1.74. The summed E-state index contributed by atoms with van der Waals surface area (Å²) in [5, 5.41) is 49.4. The molecule has 0 spiro atoms. The molecule has 16 rings (SSSR count). The van der Waals surface area contributed by atoms with E-state index in [-0.39, 0.29) is 42.2 Å². The Kier molecular flexibility index (Phi) is 43.3. The fraction of sp³-hybridized carbons (Fsp3) is 0.0706. The molecule has 0 aliphatic carbocycles. The van der Waals surface area contributed by atoms with Crippen molar-refractivity contribution in [3.63, 3.8) is 0 Å². The number of halogens is 8. The van der Waals surface area contributed by atoms with Gasteiger partial charge in [-0.15, -0.1) is 11.3 Å². The molecule has 0 saturated heterocycles. The number of urea groups is 8. The first-order valence-electron chi connectivity index (χ1n) is 39.0. The van der Waals surface area contributed by atoms with Gasteiger partial charge in [-0.05, 0) is 228 Å². The number of pyridine rings is 10. The van der Waals surface area contributed by atoms with Crippen LogP contribution in [0.3, 0.4) is 0 Å². The number of thiazole rings is 1. The first kappa shape index (κ1) is 106. The number of aromatic nitrogens is 16. The van der Waals surface area contributed by atoms with Crippen molar-refractivity contribution in [2.24, 2.45) is 0 Å². The number of para-hydroxylation sites is 1. The summed E-state index contributed by atoms with van der Waals surface area (Å²) in [6.45, 7) is 11.2. The number of anilines is 16. The fourth-order valence-electron chi connectivity index (χ4n) is 9.80. The third kappa shape index (κ3) is 42.8. The molecule has 16 aromatic rings. The molecule has 137 heavy (non-hydrogen) atoms. The fourth-order valence-corrected chi connectivity index (χ4v) is 13.8. The zero-order valence-corrected chi connectivity index (χ0v) is 81.1. The number of aromatic amines is 1. The highest BCUT2D eigenvalue weighted by Gasteiger charge is 2.14. The lowest BCUT2D eigenvalue weighted by molar-refractivity contribution is 0.261. The molecule has 0 unspecified atom stereocenters. The van der Waals surface area contributed by atoms with E-state index in [1.165, 1.54) is 95.5 Å². The minimum absolute atomic E-state index is 0.316. The van der Waals surface area contributed by atoms with Crippen LogP contribution in [0.1, 0.15) is 34.2 Å². The first-order valence-corrected chi connectivity index (χ1v) is 45.2. The molecule has 0 radical (unpaired) electrons. The van der Waals surface area contributed by atoms with Gasteiger partial charge in [-0.25, -0.2) is 93.2 Å². The minimum Gasteiger partial charge on any atom is -0.328 e. The van der Waals surface area contributed by atoms with E-state index in [0.717, 1.165) is 39.9 Å². The molecule has 40 nitrogen and oxygen atoms in total. The van der Waals surface area contributed by atoms with Crippen molar-refractivity contribution in [2.45, 2.75) is 41.5 Å². The molecule has 52 heteroatoms. The molecule has 17 N–H and O–H groups in total. The van der Waals surface area contributed by atoms with Crippen molar-refractivity contribution in [1.29, 1.82) is 0 Å². The van der Waals surface area contributed by atoms with Crippen LogP contribution in [0.4, 0.5) is 127 Å². The highest BCUT2D eigenvalue weighted by Crippen LogP contribution is 2.25. The van der Waals surface area contributed by atoms with Crippen LogP contribution in [0, 0.1) is 41.5 Å². The zero-order chi connectivity index (χ0) is 98.4. The van der Waals surface area contributed by atoms with Gasteiger partial charge in [0.15, 0.2) is 5.13 Å². The van der Waals surface area contributed by atoms with Crippen LogP contribution in [0.2, 0.25) is 41.2 Å². The van der Waals surface area contributed by atoms with Gasteiger partial charge in [-0.1, -0.05) is 117 Å². The van der Waals surface area contributed by atoms with Crippen molar-refractivity contribution in [1.82, 2.24) is 77.9 Å². The Balaban J connectivity index is 0.000000175. The third-order valence-electron chi connectivity index (χ3n) is 15.3. The number of aryl methyl sites for hydroxylation is 6. The van der Waals surface area contributed by atoms with Gasteiger partial charge in [0.05, 0.1) is 22.8 Å². The van der Waals surface area contributed by atoms with Crippen molar-refractivity contribution < 1.29 is 38.4 Å². The van der Waals surface area contributed by atoms with Crippen molar-refractivity contribution in [3.8, 4) is 0 Å². The molecule has 15 heterocycles. The number of benzene rings is 1. The lowest BCUT2D eigenvalue weighted by atomic mass is 10.3. The molecule has 0 aliphatic heterocycles. The van der Waals surface area contributed by atoms with Crippen LogP contribution in [-0.2, 0) is 0 Å². The van der Waals surface area contributed by atoms with Gasteiger partial charge in [0.25, 0.3) is 0 Å². The summed E-state index contributed by atoms with van der Waals surface area (Å²) in [6.07, 6.45) is 17.0. The molecule has 1 aromatic carbocycles. The Bertz CT molecular complexity index is 5960. The second-order valence-corrected chi connectivity index (χ2v) is 32.9. The van der Waals surface area contributed by atoms with Crippen LogP contribution < -0.4 is 85.1 Å². The largest absolute Gasteiger partial charge is 0.328 e. The van der Waals surface area contributed by atoms with Gasteiger partial charge in [0, 0.05) is 142 Å². The predicted molar refractivity (Wildman–Crippen MR) is 545 cm³/mol. The van der Waals surface area contributed by atoms with E-state index >= 15 is 0 Å². The van der Waals surface area contributed by atoms with Crippen LogP contribution in [-0.4, -0.2) is 126 Å². The summed E-state index contributed by atoms with van der Waals surface area (Å²) in [5.41, 5.74) is 11.2. The molecule has 0 saturated carbocycles. The Hall–Kier alpha value is -15.1. The minimum atomic E-state index is -0.401. The Labute approximate surface area is 836 Å². The van der Waals surface area contributed by atoms with Crippen molar-refractivity contribution in [3.05, 3.63) is 325 Å². The van der Waals surface area contributed by atoms with Gasteiger partial charge in [0.1, 0.15) is 62.0 Å². The molecule has 0 fully saturated rings. The van der Waals surface area contributed by atoms with E-state index in [9.17, 15) is 38.4 Å². The number of nitrogens with zero attached hydrogens (tertiary/aromatic N) is 15. The topological polar surface area (TPSA) is 538 Å². The van der Waals surface area contributed by atoms with Crippen LogP contribution >= 0.6 is 139 Å². The predicted octanol–water partition coefficient (Wildman–Crippen LogP) is 24.2. The van der Waals surface area contributed by atoms with E-state index in [1.54, 1.807) is 176 Å². The second-order valence-electron chi connectivity index (χ2n) is 26.5. The number of imidazole rings is 1. The highest BCUT2D eigenvalue weighted by atomic mass is 35.5. The average molecular weight is 2090 g/mol. The molecular weight excluding hydrogens is 2010 g/mol. The Morgan fingerprint density at radius 1 is 0.255 bits per heavy atom. The molecule has 704 valence electrons. The molecule has 0 bridgehead atoms. The smallest absolute Gasteiger partial charge is 0.326 e. The lowest BCUT2D eigenvalue weighted by Gasteiger charge is -2.07. The number of rotatable bonds is 16. The van der Waals surface area contributed by atoms with E-state index in [0.29, 0.717) is 124 Å². The third-order valence-corrected chi connectivity index (χ3v) is 20.3. The van der Waals surface area contributed by atoms with Crippen molar-refractivity contribution >= 4 is 276 Å². The van der Waals surface area contributed by atoms with Crippen LogP contribution in [0.5, 0.6) is 0 Å². The summed E-state index contributed by atoms with van der Waals surface area (Å²) < 4.78 is 12.2. The molecular formula is C85H76Cl8N32O8S4. The number of hydrogen-bond acceptors (Lipinski definition) is 27. The lowest BCUT2D eigenvalue weighted by Crippen LogP contribution is -2.20. The Morgan fingerprint density at radius 3 is 0.810 bits per heavy atom. The molecule has 0 atom stereocenters. The van der Waals surface area contributed by atoms with E-state index < -0.39 is 6.03 Å². The maximum absolute atomic E-state index is 11.7. The van der Waals surface area contributed by atoms with E-state index in [4.69, 9.17) is 92.8 Å². The quantitative estimate of drug-likeness (QED) is 0.0400. The van der Waals surface area contributed by atoms with E-state index in [2.05, 4.69) is 163 Å². The summed E-state index contributed by atoms with van der Waals surface area (Å²) in [7, 11) is 0. The van der Waals surface area contributed by atoms with E-state index in [1.807, 2.05) is 65.1 Å². The van der Waals surface area contributed by atoms with Crippen LogP contribution in [0.15, 0.2) is 249 Å². The van der Waals surface area contributed by atoms with Crippen LogP contribution in [0.25, 0.3) is 0 Å². The highest BCUT2D eigenvalue weighted by molar-refractivity contribution is 7.14. The van der Waals surface area contributed by atoms with Gasteiger partial charge >= 0.3 is 48.2 Å². The van der Waals surface area contributed by atoms with Crippen molar-refractivity contribution in [2.75, 3.05) is 85.1 Å². The number of H-pyrrole nitrogens is 1. The normalized spacial score (nSPS) is 9.91. The standard InChI is InChI=1S/C12H11ClN4O.C12H10ClN3O.C11H9ClN4O.C10H10ClN5O.4C10H9ClN4OS/c1-8-6-9(2-4-14-8)16-12(18)17-10-3-5-15-11(13)7-10;13-11-8-10(6-7-14-11)16-12(17)15-9-4-2-1-3-5-9;12-9-7-8(4-6-13-9)15-11(17)16-10-3-1-2-5-14-10;1-6-5-13-9(14-6)16-10(17)15-7-2-3-12-8(11)4-7;1-6-5-17-10(13-6)15-9(16)14-7-2-3-12-8(11)4-7;3*1-6-4-9(17-15-6)14-10(16)13-7-2-3-12-8(11)5-7/h2-7H,1H3,(H2,14,15,16,17,18);1-8H,(H2,14,15,16,17);1-7H,(H2,13,14,15,16,17);2-5H,1H3,(H3,12,13,14,15,16,17);2-5H,1H3,(H2,12,13,14,15,16);3*2-5H,1H3,(H2,12,13,14,16). The molecule has 16 amide bonds. The number of carbonyl (C=O) groups is 8. The first-order chi connectivity index (χ1) is 65.8. The zero-order valence-electron chi connectivity index (χ0n) is 71.8. The monoisotopic (exact) mass is 2080 g/mol. The van der Waals surface area contributed by atoms with Gasteiger partial charge < -0.3 is 58.2 Å². The number of nitrogens with one attached hydrogen (secondary N) is 17. The SMILES string of the molecule is Cc1cc(NC(=O)Nc2ccnc(Cl)c2)ccn1.Cc1cc(NC(=O)Nc2ccnc(Cl)c2)sn1.Cc1cc(NC(=O)Nc2ccnc(Cl)c2)sn1.Cc1cc(NC(=O)Nc2ccnc(Cl)c2)sn1.Cc1cnc(NC(=O)Nc2ccnc(Cl)c2)[nH]1.Cc1csc(NC(=O)Nc2ccnc(Cl)c2)n1.O=C(Nc1ccccc1)Nc1ccnc(Cl)c1.O=C(Nc1ccnc(Cl)c1)Nc1ccccn1. The number of hydrogen-bond donors (Lipinski definition) is 17. The second kappa shape index (κ2) is 56.2. The van der Waals surface area contributed by atoms with Gasteiger partial charge in [-0.3, -0.25) is 36.9 Å².